The molecule has 3 aliphatic rings. The molecule has 2 aromatic carbocycles. The summed E-state index contributed by atoms with van der Waals surface area (Å²) < 4.78 is 0. The zero-order chi connectivity index (χ0) is 31.8. The summed E-state index contributed by atoms with van der Waals surface area (Å²) in [5.74, 6) is 0.543. The van der Waals surface area contributed by atoms with Crippen molar-refractivity contribution in [1.29, 1.82) is 0 Å². The molecule has 2 amide bonds. The number of rotatable bonds is 11. The second-order valence-electron chi connectivity index (χ2n) is 13.2. The lowest BCUT2D eigenvalue weighted by Crippen LogP contribution is -2.34. The number of nitrogens with two attached hydrogens (primary N) is 1. The van der Waals surface area contributed by atoms with Gasteiger partial charge in [-0.25, -0.2) is 0 Å². The van der Waals surface area contributed by atoms with E-state index in [0.29, 0.717) is 35.8 Å². The first-order valence-corrected chi connectivity index (χ1v) is 16.6. The first-order valence-electron chi connectivity index (χ1n) is 16.6. The molecule has 0 radical (unpaired) electrons. The maximum atomic E-state index is 13.5. The molecule has 8 nitrogen and oxygen atoms in total. The van der Waals surface area contributed by atoms with Crippen LogP contribution in [0, 0.1) is 13.8 Å². The van der Waals surface area contributed by atoms with Gasteiger partial charge in [-0.2, -0.15) is 0 Å². The van der Waals surface area contributed by atoms with E-state index in [1.165, 1.54) is 43.2 Å². The minimum Gasteiger partial charge on any atom is -0.326 e. The molecule has 3 saturated carbocycles. The smallest absolute Gasteiger partial charge is 0.274 e. The van der Waals surface area contributed by atoms with E-state index in [-0.39, 0.29) is 11.8 Å². The monoisotopic (exact) mass is 614 g/mol. The second kappa shape index (κ2) is 12.8. The highest BCUT2D eigenvalue weighted by Gasteiger charge is 2.29. The summed E-state index contributed by atoms with van der Waals surface area (Å²) in [5, 5.41) is 9.85. The lowest BCUT2D eigenvalue weighted by molar-refractivity contribution is 0.101. The molecular formula is C38H42N6O2. The van der Waals surface area contributed by atoms with Crippen LogP contribution in [-0.4, -0.2) is 27.8 Å². The third-order valence-corrected chi connectivity index (χ3v) is 9.91. The van der Waals surface area contributed by atoms with Crippen LogP contribution in [0.5, 0.6) is 0 Å². The van der Waals surface area contributed by atoms with Gasteiger partial charge in [-0.05, 0) is 133 Å². The lowest BCUT2D eigenvalue weighted by Gasteiger charge is -2.27. The number of carbonyl (C=O) groups excluding carboxylic acids is 2. The van der Waals surface area contributed by atoms with Gasteiger partial charge in [-0.1, -0.05) is 30.7 Å². The summed E-state index contributed by atoms with van der Waals surface area (Å²) in [7, 11) is 0. The van der Waals surface area contributed by atoms with Crippen LogP contribution in [0.25, 0.3) is 11.1 Å². The zero-order valence-corrected chi connectivity index (χ0v) is 26.7. The van der Waals surface area contributed by atoms with Crippen LogP contribution in [0.4, 0.5) is 11.4 Å². The maximum absolute atomic E-state index is 13.5. The van der Waals surface area contributed by atoms with E-state index in [0.717, 1.165) is 64.1 Å². The van der Waals surface area contributed by atoms with Gasteiger partial charge in [-0.15, -0.1) is 0 Å². The van der Waals surface area contributed by atoms with Crippen molar-refractivity contribution in [3.8, 4) is 11.1 Å². The third-order valence-electron chi connectivity index (χ3n) is 9.91. The van der Waals surface area contributed by atoms with E-state index >= 15 is 0 Å². The normalized spacial score (nSPS) is 16.2. The Bertz CT molecular complexity index is 1810. The van der Waals surface area contributed by atoms with Crippen molar-refractivity contribution in [2.45, 2.75) is 89.8 Å². The predicted octanol–water partition coefficient (Wildman–Crippen LogP) is 7.12. The SMILES string of the molecule is Cc1c(NC(=O)c2cc(C3CC3)c(CN)cn2)cccc1-c1cccc(NC(=O)c2cc(C3CC3)c(CNC3CCC3)cn2)c1C. The number of hydrogen-bond donors (Lipinski definition) is 4. The number of anilines is 2. The van der Waals surface area contributed by atoms with Gasteiger partial charge < -0.3 is 21.7 Å². The topological polar surface area (TPSA) is 122 Å². The van der Waals surface area contributed by atoms with Crippen molar-refractivity contribution in [1.82, 2.24) is 15.3 Å². The Labute approximate surface area is 270 Å². The van der Waals surface area contributed by atoms with Crippen LogP contribution < -0.4 is 21.7 Å². The van der Waals surface area contributed by atoms with Gasteiger partial charge in [-0.3, -0.25) is 19.6 Å². The summed E-state index contributed by atoms with van der Waals surface area (Å²) in [6, 6.07) is 16.3. The Kier molecular flexibility index (Phi) is 8.40. The van der Waals surface area contributed by atoms with E-state index in [2.05, 4.69) is 25.9 Å². The molecule has 0 unspecified atom stereocenters. The van der Waals surface area contributed by atoms with Crippen molar-refractivity contribution in [3.63, 3.8) is 0 Å². The fraction of sp³-hybridized carbons (Fsp3) is 0.368. The summed E-state index contributed by atoms with van der Waals surface area (Å²) in [4.78, 5) is 35.8. The Balaban J connectivity index is 1.09. The van der Waals surface area contributed by atoms with Crippen LogP contribution in [0.1, 0.15) is 111 Å². The number of carbonyl (C=O) groups is 2. The summed E-state index contributed by atoms with van der Waals surface area (Å²) >= 11 is 0. The fourth-order valence-electron chi connectivity index (χ4n) is 6.48. The molecule has 0 saturated heterocycles. The summed E-state index contributed by atoms with van der Waals surface area (Å²) in [6.45, 7) is 5.24. The average Bonchev–Trinajstić information content (AvgIpc) is 3.96. The Hall–Kier alpha value is -4.40. The second-order valence-corrected chi connectivity index (χ2v) is 13.2. The molecule has 7 rings (SSSR count). The van der Waals surface area contributed by atoms with E-state index in [1.54, 1.807) is 6.20 Å². The average molecular weight is 615 g/mol. The first-order chi connectivity index (χ1) is 22.4. The number of nitrogens with zero attached hydrogens (tertiary/aromatic N) is 2. The number of hydrogen-bond acceptors (Lipinski definition) is 6. The van der Waals surface area contributed by atoms with Gasteiger partial charge in [0.15, 0.2) is 0 Å². The maximum Gasteiger partial charge on any atom is 0.274 e. The molecular weight excluding hydrogens is 572 g/mol. The molecule has 3 fully saturated rings. The zero-order valence-electron chi connectivity index (χ0n) is 26.7. The quantitative estimate of drug-likeness (QED) is 0.143. The van der Waals surface area contributed by atoms with Crippen molar-refractivity contribution in [3.05, 3.63) is 106 Å². The van der Waals surface area contributed by atoms with Crippen LogP contribution in [0.2, 0.25) is 0 Å². The molecule has 3 aliphatic carbocycles. The highest BCUT2D eigenvalue weighted by atomic mass is 16.2. The van der Waals surface area contributed by atoms with Crippen molar-refractivity contribution >= 4 is 23.2 Å². The van der Waals surface area contributed by atoms with Gasteiger partial charge in [0.1, 0.15) is 11.4 Å². The molecule has 0 atom stereocenters. The van der Waals surface area contributed by atoms with Gasteiger partial charge >= 0.3 is 0 Å². The van der Waals surface area contributed by atoms with Crippen LogP contribution >= 0.6 is 0 Å². The predicted molar refractivity (Wildman–Crippen MR) is 182 cm³/mol. The third kappa shape index (κ3) is 6.32. The highest BCUT2D eigenvalue weighted by Crippen LogP contribution is 2.43. The Morgan fingerprint density at radius 1 is 0.739 bits per heavy atom. The van der Waals surface area contributed by atoms with E-state index < -0.39 is 0 Å². The minimum absolute atomic E-state index is 0.211. The van der Waals surface area contributed by atoms with Crippen LogP contribution in [0.3, 0.4) is 0 Å². The molecule has 0 bridgehead atoms. The minimum atomic E-state index is -0.244. The van der Waals surface area contributed by atoms with Gasteiger partial charge in [0.25, 0.3) is 11.8 Å². The van der Waals surface area contributed by atoms with E-state index in [9.17, 15) is 9.59 Å². The molecule has 8 heteroatoms. The molecule has 4 aromatic rings. The van der Waals surface area contributed by atoms with E-state index in [1.807, 2.05) is 68.6 Å². The number of aromatic nitrogens is 2. The van der Waals surface area contributed by atoms with Gasteiger partial charge in [0, 0.05) is 42.9 Å². The molecule has 0 spiro atoms. The molecule has 2 heterocycles. The largest absolute Gasteiger partial charge is 0.326 e. The molecule has 2 aromatic heterocycles. The van der Waals surface area contributed by atoms with E-state index in [4.69, 9.17) is 5.73 Å². The van der Waals surface area contributed by atoms with Gasteiger partial charge in [0.2, 0.25) is 0 Å². The van der Waals surface area contributed by atoms with Crippen molar-refractivity contribution in [2.24, 2.45) is 5.73 Å². The van der Waals surface area contributed by atoms with Gasteiger partial charge in [0.05, 0.1) is 0 Å². The molecule has 5 N–H and O–H groups in total. The molecule has 0 aliphatic heterocycles. The highest BCUT2D eigenvalue weighted by molar-refractivity contribution is 6.05. The number of pyridine rings is 2. The van der Waals surface area contributed by atoms with Crippen molar-refractivity contribution < 1.29 is 9.59 Å². The molecule has 236 valence electrons. The van der Waals surface area contributed by atoms with Crippen molar-refractivity contribution in [2.75, 3.05) is 10.6 Å². The fourth-order valence-corrected chi connectivity index (χ4v) is 6.48. The lowest BCUT2D eigenvalue weighted by atomic mass is 9.92. The summed E-state index contributed by atoms with van der Waals surface area (Å²) in [5.41, 5.74) is 16.7. The number of nitrogens with one attached hydrogen (secondary N) is 3. The first kappa shape index (κ1) is 30.3. The Morgan fingerprint density at radius 3 is 1.70 bits per heavy atom. The van der Waals surface area contributed by atoms with Crippen LogP contribution in [-0.2, 0) is 13.1 Å². The standard InChI is InChI=1S/C38H42N6O2/c1-22-29(8-4-10-33(22)43-37(45)35-16-31(24-12-13-24)26(18-39)19-41-35)30-9-5-11-34(23(30)2)44-38(46)36-17-32(25-14-15-25)27(21-42-36)20-40-28-6-3-7-28/h4-5,8-11,16-17,19,21,24-25,28,40H,3,6-7,12-15,18,20,39H2,1-2H3,(H,43,45)(H,44,46). The Morgan fingerprint density at radius 2 is 1.24 bits per heavy atom. The molecule has 46 heavy (non-hydrogen) atoms. The number of amides is 2. The van der Waals surface area contributed by atoms with Crippen LogP contribution in [0.15, 0.2) is 60.9 Å². The number of benzene rings is 2. The summed E-state index contributed by atoms with van der Waals surface area (Å²) in [6.07, 6.45) is 12.0.